The molecule has 1 saturated carbocycles. The van der Waals surface area contributed by atoms with Crippen molar-refractivity contribution in [3.05, 3.63) is 0 Å². The van der Waals surface area contributed by atoms with Gasteiger partial charge in [0.15, 0.2) is 0 Å². The summed E-state index contributed by atoms with van der Waals surface area (Å²) in [6.07, 6.45) is 8.47. The van der Waals surface area contributed by atoms with E-state index in [2.05, 4.69) is 0 Å². The van der Waals surface area contributed by atoms with Crippen molar-refractivity contribution >= 4 is 11.9 Å². The standard InChI is InChI=1S/C13H18O5/c1-2-12(14)18-9-3-8-17-11-6-4-10(5-7-11)13(15)16/h1,10-11H,3-9H2,(H,15,16). The molecule has 0 saturated heterocycles. The summed E-state index contributed by atoms with van der Waals surface area (Å²) in [6, 6.07) is 0. The minimum atomic E-state index is -0.713. The predicted octanol–water partition coefficient (Wildman–Crippen LogP) is 1.21. The Balaban J connectivity index is 2.03. The van der Waals surface area contributed by atoms with E-state index in [1.54, 1.807) is 0 Å². The van der Waals surface area contributed by atoms with Crippen molar-refractivity contribution < 1.29 is 24.2 Å². The van der Waals surface area contributed by atoms with Crippen LogP contribution in [-0.2, 0) is 19.1 Å². The molecule has 5 heteroatoms. The van der Waals surface area contributed by atoms with Gasteiger partial charge in [-0.1, -0.05) is 0 Å². The van der Waals surface area contributed by atoms with E-state index in [0.717, 1.165) is 12.8 Å². The van der Waals surface area contributed by atoms with Crippen molar-refractivity contribution in [3.63, 3.8) is 0 Å². The van der Waals surface area contributed by atoms with Crippen molar-refractivity contribution in [2.24, 2.45) is 5.92 Å². The van der Waals surface area contributed by atoms with E-state index in [0.29, 0.717) is 25.9 Å². The first-order valence-corrected chi connectivity index (χ1v) is 6.11. The fraction of sp³-hybridized carbons (Fsp3) is 0.692. The van der Waals surface area contributed by atoms with E-state index in [4.69, 9.17) is 21.0 Å². The molecular formula is C13H18O5. The smallest absolute Gasteiger partial charge is 0.384 e. The van der Waals surface area contributed by atoms with Crippen molar-refractivity contribution in [1.82, 2.24) is 0 Å². The Kier molecular flexibility index (Phi) is 6.23. The average molecular weight is 254 g/mol. The highest BCUT2D eigenvalue weighted by Crippen LogP contribution is 2.26. The summed E-state index contributed by atoms with van der Waals surface area (Å²) in [5.74, 6) is 0.273. The molecular weight excluding hydrogens is 236 g/mol. The highest BCUT2D eigenvalue weighted by molar-refractivity contribution is 5.87. The monoisotopic (exact) mass is 254 g/mol. The molecule has 0 spiro atoms. The van der Waals surface area contributed by atoms with Crippen molar-refractivity contribution in [2.45, 2.75) is 38.2 Å². The number of hydrogen-bond acceptors (Lipinski definition) is 4. The number of aliphatic carboxylic acids is 1. The number of carbonyl (C=O) groups excluding carboxylic acids is 1. The lowest BCUT2D eigenvalue weighted by molar-refractivity contribution is -0.143. The van der Waals surface area contributed by atoms with Crippen LogP contribution in [0.5, 0.6) is 0 Å². The molecule has 1 rings (SSSR count). The summed E-state index contributed by atoms with van der Waals surface area (Å²) in [4.78, 5) is 21.4. The zero-order chi connectivity index (χ0) is 13.4. The molecule has 0 aromatic heterocycles. The van der Waals surface area contributed by atoms with Crippen LogP contribution in [0.1, 0.15) is 32.1 Å². The third-order valence-corrected chi connectivity index (χ3v) is 3.02. The Hall–Kier alpha value is -1.54. The van der Waals surface area contributed by atoms with Crippen LogP contribution < -0.4 is 0 Å². The Morgan fingerprint density at radius 1 is 1.22 bits per heavy atom. The van der Waals surface area contributed by atoms with Crippen LogP contribution in [0.2, 0.25) is 0 Å². The molecule has 0 radical (unpaired) electrons. The second-order valence-corrected chi connectivity index (χ2v) is 4.32. The van der Waals surface area contributed by atoms with Gasteiger partial charge in [0.05, 0.1) is 25.2 Å². The second-order valence-electron chi connectivity index (χ2n) is 4.32. The van der Waals surface area contributed by atoms with Crippen molar-refractivity contribution in [2.75, 3.05) is 13.2 Å². The largest absolute Gasteiger partial charge is 0.481 e. The Labute approximate surface area is 106 Å². The molecule has 5 nitrogen and oxygen atoms in total. The molecule has 0 aliphatic heterocycles. The number of hydrogen-bond donors (Lipinski definition) is 1. The Morgan fingerprint density at radius 3 is 2.44 bits per heavy atom. The lowest BCUT2D eigenvalue weighted by Gasteiger charge is -2.26. The van der Waals surface area contributed by atoms with Gasteiger partial charge >= 0.3 is 11.9 Å². The fourth-order valence-electron chi connectivity index (χ4n) is 1.99. The molecule has 0 unspecified atom stereocenters. The topological polar surface area (TPSA) is 72.8 Å². The van der Waals surface area contributed by atoms with Crippen LogP contribution in [0, 0.1) is 18.3 Å². The van der Waals surface area contributed by atoms with E-state index in [9.17, 15) is 9.59 Å². The minimum Gasteiger partial charge on any atom is -0.481 e. The minimum absolute atomic E-state index is 0.129. The molecule has 1 fully saturated rings. The summed E-state index contributed by atoms with van der Waals surface area (Å²) in [5.41, 5.74) is 0. The molecule has 0 amide bonds. The van der Waals surface area contributed by atoms with Gasteiger partial charge < -0.3 is 14.6 Å². The normalized spacial score (nSPS) is 23.1. The predicted molar refractivity (Wildman–Crippen MR) is 63.7 cm³/mol. The van der Waals surface area contributed by atoms with Crippen LogP contribution in [-0.4, -0.2) is 36.4 Å². The van der Waals surface area contributed by atoms with Crippen LogP contribution in [0.3, 0.4) is 0 Å². The number of carbonyl (C=O) groups is 2. The van der Waals surface area contributed by atoms with Gasteiger partial charge in [-0.25, -0.2) is 4.79 Å². The van der Waals surface area contributed by atoms with Crippen LogP contribution in [0.15, 0.2) is 0 Å². The summed E-state index contributed by atoms with van der Waals surface area (Å²) < 4.78 is 10.3. The maximum absolute atomic E-state index is 10.7. The number of ether oxygens (including phenoxy) is 2. The van der Waals surface area contributed by atoms with Gasteiger partial charge in [-0.05, 0) is 25.7 Å². The Morgan fingerprint density at radius 2 is 1.89 bits per heavy atom. The lowest BCUT2D eigenvalue weighted by atomic mass is 9.87. The molecule has 0 heterocycles. The zero-order valence-electron chi connectivity index (χ0n) is 10.3. The van der Waals surface area contributed by atoms with E-state index < -0.39 is 11.9 Å². The highest BCUT2D eigenvalue weighted by atomic mass is 16.5. The maximum Gasteiger partial charge on any atom is 0.384 e. The van der Waals surface area contributed by atoms with Crippen LogP contribution in [0.4, 0.5) is 0 Å². The fourth-order valence-corrected chi connectivity index (χ4v) is 1.99. The summed E-state index contributed by atoms with van der Waals surface area (Å²) in [5, 5.41) is 8.84. The number of terminal acetylenes is 1. The third kappa shape index (κ3) is 5.19. The summed E-state index contributed by atoms with van der Waals surface area (Å²) in [6.45, 7) is 0.758. The van der Waals surface area contributed by atoms with Crippen LogP contribution in [0.25, 0.3) is 0 Å². The lowest BCUT2D eigenvalue weighted by Crippen LogP contribution is -2.26. The molecule has 0 aromatic carbocycles. The number of rotatable bonds is 6. The zero-order valence-corrected chi connectivity index (χ0v) is 10.3. The number of carboxylic acids is 1. The van der Waals surface area contributed by atoms with Gasteiger partial charge in [-0.15, -0.1) is 6.42 Å². The molecule has 1 aliphatic rings. The SMILES string of the molecule is C#CC(=O)OCCCOC1CCC(C(=O)O)CC1. The van der Waals surface area contributed by atoms with Gasteiger partial charge in [0.1, 0.15) is 0 Å². The first kappa shape index (κ1) is 14.5. The van der Waals surface area contributed by atoms with E-state index >= 15 is 0 Å². The van der Waals surface area contributed by atoms with Crippen LogP contribution >= 0.6 is 0 Å². The summed E-state index contributed by atoms with van der Waals surface area (Å²) >= 11 is 0. The van der Waals surface area contributed by atoms with Gasteiger partial charge in [-0.2, -0.15) is 0 Å². The molecule has 1 aliphatic carbocycles. The average Bonchev–Trinajstić information content (AvgIpc) is 2.38. The van der Waals surface area contributed by atoms with Crippen molar-refractivity contribution in [1.29, 1.82) is 0 Å². The van der Waals surface area contributed by atoms with E-state index in [1.165, 1.54) is 0 Å². The summed E-state index contributed by atoms with van der Waals surface area (Å²) in [7, 11) is 0. The second kappa shape index (κ2) is 7.72. The molecule has 100 valence electrons. The van der Waals surface area contributed by atoms with Gasteiger partial charge in [-0.3, -0.25) is 4.79 Å². The number of esters is 1. The number of carboxylic acid groups (broad SMARTS) is 1. The van der Waals surface area contributed by atoms with Gasteiger partial charge in [0.2, 0.25) is 0 Å². The maximum atomic E-state index is 10.7. The van der Waals surface area contributed by atoms with Crippen molar-refractivity contribution in [3.8, 4) is 12.3 Å². The third-order valence-electron chi connectivity index (χ3n) is 3.02. The quantitative estimate of drug-likeness (QED) is 0.334. The van der Waals surface area contributed by atoms with Gasteiger partial charge in [0, 0.05) is 12.3 Å². The molecule has 0 atom stereocenters. The molecule has 1 N–H and O–H groups in total. The highest BCUT2D eigenvalue weighted by Gasteiger charge is 2.25. The first-order chi connectivity index (χ1) is 8.63. The Bertz CT molecular complexity index is 323. The first-order valence-electron chi connectivity index (χ1n) is 6.11. The molecule has 18 heavy (non-hydrogen) atoms. The van der Waals surface area contributed by atoms with E-state index in [-0.39, 0.29) is 18.6 Å². The molecule has 0 bridgehead atoms. The van der Waals surface area contributed by atoms with Gasteiger partial charge in [0.25, 0.3) is 0 Å². The molecule has 0 aromatic rings. The van der Waals surface area contributed by atoms with E-state index in [1.807, 2.05) is 5.92 Å².